The minimum atomic E-state index is -4.51. The smallest absolute Gasteiger partial charge is 0.421 e. The van der Waals surface area contributed by atoms with Crippen LogP contribution >= 0.6 is 0 Å². The highest BCUT2D eigenvalue weighted by atomic mass is 19.4. The number of hydrogen-bond donors (Lipinski definition) is 1. The van der Waals surface area contributed by atoms with Crippen molar-refractivity contribution >= 4 is 5.69 Å². The summed E-state index contributed by atoms with van der Waals surface area (Å²) in [5.74, 6) is -0.369. The normalized spacial score (nSPS) is 16.4. The Morgan fingerprint density at radius 3 is 2.59 bits per heavy atom. The lowest BCUT2D eigenvalue weighted by Gasteiger charge is -2.23. The van der Waals surface area contributed by atoms with Gasteiger partial charge in [-0.3, -0.25) is 0 Å². The predicted octanol–water partition coefficient (Wildman–Crippen LogP) is 5.35. The molecule has 4 nitrogen and oxygen atoms in total. The number of aromatic nitrogens is 1. The van der Waals surface area contributed by atoms with E-state index in [1.807, 2.05) is 18.2 Å². The molecular weight excluding hydrogens is 417 g/mol. The van der Waals surface area contributed by atoms with Crippen molar-refractivity contribution in [3.05, 3.63) is 78.0 Å². The molecule has 2 aromatic carbocycles. The Kier molecular flexibility index (Phi) is 6.65. The van der Waals surface area contributed by atoms with Gasteiger partial charge in [0, 0.05) is 31.5 Å². The van der Waals surface area contributed by atoms with Crippen molar-refractivity contribution in [3.63, 3.8) is 0 Å². The van der Waals surface area contributed by atoms with Gasteiger partial charge in [-0.1, -0.05) is 36.4 Å². The SMILES string of the molecule is OCCCc1cc(-c2ccccc2)ccc1N1CCC(Oc2ncccc2C(F)(F)F)C1. The lowest BCUT2D eigenvalue weighted by molar-refractivity contribution is -0.139. The quantitative estimate of drug-likeness (QED) is 0.536. The Hall–Kier alpha value is -3.06. The number of aryl methyl sites for hydroxylation is 1. The van der Waals surface area contributed by atoms with Crippen molar-refractivity contribution in [1.29, 1.82) is 0 Å². The van der Waals surface area contributed by atoms with E-state index in [9.17, 15) is 18.3 Å². The summed E-state index contributed by atoms with van der Waals surface area (Å²) < 4.78 is 45.5. The number of hydrogen-bond acceptors (Lipinski definition) is 4. The van der Waals surface area contributed by atoms with Crippen LogP contribution in [0.3, 0.4) is 0 Å². The van der Waals surface area contributed by atoms with Crippen molar-refractivity contribution < 1.29 is 23.0 Å². The number of alkyl halides is 3. The van der Waals surface area contributed by atoms with Crippen LogP contribution in [0.4, 0.5) is 18.9 Å². The van der Waals surface area contributed by atoms with Crippen LogP contribution in [0.2, 0.25) is 0 Å². The summed E-state index contributed by atoms with van der Waals surface area (Å²) in [5, 5.41) is 9.34. The van der Waals surface area contributed by atoms with Gasteiger partial charge in [0.2, 0.25) is 5.88 Å². The highest BCUT2D eigenvalue weighted by molar-refractivity contribution is 5.69. The topological polar surface area (TPSA) is 45.6 Å². The molecular formula is C25H25F3N2O2. The number of halogens is 3. The van der Waals surface area contributed by atoms with E-state index in [2.05, 4.69) is 40.2 Å². The molecule has 1 aliphatic rings. The van der Waals surface area contributed by atoms with Crippen molar-refractivity contribution in [2.45, 2.75) is 31.5 Å². The minimum Gasteiger partial charge on any atom is -0.472 e. The minimum absolute atomic E-state index is 0.0979. The lowest BCUT2D eigenvalue weighted by Crippen LogP contribution is -2.26. The van der Waals surface area contributed by atoms with Gasteiger partial charge in [0.05, 0.1) is 6.54 Å². The lowest BCUT2D eigenvalue weighted by atomic mass is 9.99. The molecule has 0 aliphatic carbocycles. The molecule has 0 spiro atoms. The molecule has 2 heterocycles. The van der Waals surface area contributed by atoms with E-state index in [1.165, 1.54) is 12.3 Å². The van der Waals surface area contributed by atoms with Gasteiger partial charge >= 0.3 is 6.18 Å². The zero-order valence-corrected chi connectivity index (χ0v) is 17.6. The molecule has 0 bridgehead atoms. The van der Waals surface area contributed by atoms with Crippen molar-refractivity contribution in [1.82, 2.24) is 4.98 Å². The highest BCUT2D eigenvalue weighted by Gasteiger charge is 2.36. The van der Waals surface area contributed by atoms with Crippen LogP contribution in [-0.2, 0) is 12.6 Å². The number of nitrogens with zero attached hydrogens (tertiary/aromatic N) is 2. The van der Waals surface area contributed by atoms with Crippen molar-refractivity contribution in [3.8, 4) is 17.0 Å². The summed E-state index contributed by atoms with van der Waals surface area (Å²) in [4.78, 5) is 5.96. The number of benzene rings is 2. The first-order valence-corrected chi connectivity index (χ1v) is 10.7. The van der Waals surface area contributed by atoms with Gasteiger partial charge in [0.15, 0.2) is 0 Å². The van der Waals surface area contributed by atoms with Crippen LogP contribution in [0.15, 0.2) is 66.9 Å². The molecule has 32 heavy (non-hydrogen) atoms. The van der Waals surface area contributed by atoms with Gasteiger partial charge in [0.25, 0.3) is 0 Å². The van der Waals surface area contributed by atoms with Gasteiger partial charge in [0.1, 0.15) is 11.7 Å². The van der Waals surface area contributed by atoms with E-state index < -0.39 is 11.7 Å². The number of aliphatic hydroxyl groups excluding tert-OH is 1. The molecule has 1 unspecified atom stereocenters. The molecule has 168 valence electrons. The second-order valence-electron chi connectivity index (χ2n) is 7.87. The Balaban J connectivity index is 1.53. The van der Waals surface area contributed by atoms with E-state index in [0.29, 0.717) is 32.4 Å². The first kappa shape index (κ1) is 22.1. The summed E-state index contributed by atoms with van der Waals surface area (Å²) in [6, 6.07) is 18.6. The molecule has 1 N–H and O–H groups in total. The zero-order chi connectivity index (χ0) is 22.6. The Labute approximate surface area is 185 Å². The molecule has 1 aliphatic heterocycles. The molecule has 4 rings (SSSR count). The van der Waals surface area contributed by atoms with Crippen LogP contribution < -0.4 is 9.64 Å². The maximum Gasteiger partial charge on any atom is 0.421 e. The van der Waals surface area contributed by atoms with Crippen LogP contribution in [0, 0.1) is 0 Å². The maximum absolute atomic E-state index is 13.3. The molecule has 7 heteroatoms. The number of aliphatic hydroxyl groups is 1. The van der Waals surface area contributed by atoms with Crippen molar-refractivity contribution in [2.24, 2.45) is 0 Å². The number of anilines is 1. The molecule has 3 aromatic rings. The number of rotatable bonds is 7. The van der Waals surface area contributed by atoms with E-state index in [1.54, 1.807) is 0 Å². The molecule has 1 aromatic heterocycles. The fourth-order valence-electron chi connectivity index (χ4n) is 4.08. The molecule has 1 atom stereocenters. The number of ether oxygens (including phenoxy) is 1. The second kappa shape index (κ2) is 9.61. The summed E-state index contributed by atoms with van der Waals surface area (Å²) in [6.07, 6.45) is -1.62. The standard InChI is InChI=1S/C25H25F3N2O2/c26-25(27,28)22-9-4-13-29-24(22)32-21-12-14-30(17-21)23-11-10-19(16-20(23)8-5-15-31)18-6-2-1-3-7-18/h1-4,6-7,9-11,13,16,21,31H,5,8,12,14-15,17H2. The van der Waals surface area contributed by atoms with Crippen LogP contribution in [-0.4, -0.2) is 35.9 Å². The second-order valence-corrected chi connectivity index (χ2v) is 7.87. The largest absolute Gasteiger partial charge is 0.472 e. The van der Waals surface area contributed by atoms with Crippen molar-refractivity contribution in [2.75, 3.05) is 24.6 Å². The highest BCUT2D eigenvalue weighted by Crippen LogP contribution is 2.36. The van der Waals surface area contributed by atoms with E-state index in [-0.39, 0.29) is 18.6 Å². The van der Waals surface area contributed by atoms with Crippen LogP contribution in [0.1, 0.15) is 24.0 Å². The summed E-state index contributed by atoms with van der Waals surface area (Å²) in [5.41, 5.74) is 3.49. The van der Waals surface area contributed by atoms with Gasteiger partial charge in [-0.25, -0.2) is 4.98 Å². The molecule has 1 fully saturated rings. The Bertz CT molecular complexity index is 1040. The Morgan fingerprint density at radius 2 is 1.84 bits per heavy atom. The maximum atomic E-state index is 13.3. The first-order chi connectivity index (χ1) is 15.5. The molecule has 0 saturated carbocycles. The summed E-state index contributed by atoms with van der Waals surface area (Å²) >= 11 is 0. The monoisotopic (exact) mass is 442 g/mol. The third-order valence-electron chi connectivity index (χ3n) is 5.63. The molecule has 0 radical (unpaired) electrons. The van der Waals surface area contributed by atoms with Crippen LogP contribution in [0.25, 0.3) is 11.1 Å². The van der Waals surface area contributed by atoms with E-state index in [4.69, 9.17) is 4.74 Å². The predicted molar refractivity (Wildman–Crippen MR) is 118 cm³/mol. The van der Waals surface area contributed by atoms with Crippen LogP contribution in [0.5, 0.6) is 5.88 Å². The Morgan fingerprint density at radius 1 is 1.03 bits per heavy atom. The van der Waals surface area contributed by atoms with E-state index >= 15 is 0 Å². The third kappa shape index (κ3) is 5.05. The number of pyridine rings is 1. The van der Waals surface area contributed by atoms with Gasteiger partial charge in [-0.05, 0) is 53.8 Å². The van der Waals surface area contributed by atoms with Gasteiger partial charge < -0.3 is 14.7 Å². The molecule has 0 amide bonds. The molecule has 1 saturated heterocycles. The fourth-order valence-corrected chi connectivity index (χ4v) is 4.08. The van der Waals surface area contributed by atoms with Gasteiger partial charge in [-0.2, -0.15) is 13.2 Å². The zero-order valence-electron chi connectivity index (χ0n) is 17.6. The summed E-state index contributed by atoms with van der Waals surface area (Å²) in [6.45, 7) is 1.25. The average molecular weight is 442 g/mol. The van der Waals surface area contributed by atoms with E-state index in [0.717, 1.165) is 28.4 Å². The average Bonchev–Trinajstić information content (AvgIpc) is 3.26. The van der Waals surface area contributed by atoms with Gasteiger partial charge in [-0.15, -0.1) is 0 Å². The summed E-state index contributed by atoms with van der Waals surface area (Å²) in [7, 11) is 0. The first-order valence-electron chi connectivity index (χ1n) is 10.7. The fraction of sp³-hybridized carbons (Fsp3) is 0.320. The third-order valence-corrected chi connectivity index (χ3v) is 5.63.